The molecule has 3 fully saturated rings. The minimum atomic E-state index is -0.842. The average Bonchev–Trinajstić information content (AvgIpc) is 3.29. The van der Waals surface area contributed by atoms with E-state index < -0.39 is 11.9 Å². The summed E-state index contributed by atoms with van der Waals surface area (Å²) in [5.41, 5.74) is 0. The summed E-state index contributed by atoms with van der Waals surface area (Å²) in [5.74, 6) is -1.55. The molecular formula is C15H23NO5. The van der Waals surface area contributed by atoms with E-state index in [4.69, 9.17) is 14.6 Å². The monoisotopic (exact) mass is 297 g/mol. The van der Waals surface area contributed by atoms with E-state index in [-0.39, 0.29) is 17.9 Å². The van der Waals surface area contributed by atoms with Crippen LogP contribution >= 0.6 is 0 Å². The molecule has 0 spiro atoms. The van der Waals surface area contributed by atoms with Crippen molar-refractivity contribution in [1.29, 1.82) is 0 Å². The van der Waals surface area contributed by atoms with Crippen LogP contribution < -0.4 is 0 Å². The Bertz CT molecular complexity index is 399. The van der Waals surface area contributed by atoms with Crippen LogP contribution in [0.4, 0.5) is 0 Å². The fourth-order valence-corrected chi connectivity index (χ4v) is 3.27. The molecule has 0 aromatic heterocycles. The Morgan fingerprint density at radius 1 is 1.00 bits per heavy atom. The molecule has 3 rings (SSSR count). The summed E-state index contributed by atoms with van der Waals surface area (Å²) in [6.07, 6.45) is 4.66. The van der Waals surface area contributed by atoms with Gasteiger partial charge >= 0.3 is 5.97 Å². The second-order valence-electron chi connectivity index (χ2n) is 6.26. The number of amides is 1. The second-order valence-corrected chi connectivity index (χ2v) is 6.26. The van der Waals surface area contributed by atoms with E-state index in [1.807, 2.05) is 4.90 Å². The highest BCUT2D eigenvalue weighted by Crippen LogP contribution is 2.40. The number of piperidine rings is 1. The van der Waals surface area contributed by atoms with Crippen molar-refractivity contribution in [3.05, 3.63) is 0 Å². The third-order valence-electron chi connectivity index (χ3n) is 4.73. The summed E-state index contributed by atoms with van der Waals surface area (Å²) >= 11 is 0. The molecule has 0 aromatic rings. The summed E-state index contributed by atoms with van der Waals surface area (Å²) in [4.78, 5) is 24.8. The lowest BCUT2D eigenvalue weighted by atomic mass is 10.1. The molecule has 118 valence electrons. The van der Waals surface area contributed by atoms with Crippen molar-refractivity contribution in [2.75, 3.05) is 26.3 Å². The number of hydrogen-bond donors (Lipinski definition) is 1. The van der Waals surface area contributed by atoms with Crippen LogP contribution in [-0.2, 0) is 19.1 Å². The first kappa shape index (κ1) is 14.8. The van der Waals surface area contributed by atoms with Crippen LogP contribution in [0.2, 0.25) is 0 Å². The lowest BCUT2D eigenvalue weighted by Crippen LogP contribution is -2.43. The van der Waals surface area contributed by atoms with Crippen LogP contribution in [0.25, 0.3) is 0 Å². The van der Waals surface area contributed by atoms with Crippen LogP contribution in [0.3, 0.4) is 0 Å². The van der Waals surface area contributed by atoms with Crippen molar-refractivity contribution >= 4 is 11.9 Å². The van der Waals surface area contributed by atoms with E-state index in [1.54, 1.807) is 0 Å². The van der Waals surface area contributed by atoms with Gasteiger partial charge in [0.05, 0.1) is 24.0 Å². The first-order chi connectivity index (χ1) is 10.1. The predicted molar refractivity (Wildman–Crippen MR) is 73.8 cm³/mol. The SMILES string of the molecule is O=C(O)[C@@H]1C[C@@H]1C(=O)N1CCC(OC2CCOCC2)CC1. The molecule has 1 amide bonds. The molecule has 21 heavy (non-hydrogen) atoms. The van der Waals surface area contributed by atoms with Gasteiger partial charge in [-0.3, -0.25) is 9.59 Å². The van der Waals surface area contributed by atoms with Crippen LogP contribution in [0.1, 0.15) is 32.1 Å². The Morgan fingerprint density at radius 2 is 1.62 bits per heavy atom. The summed E-state index contributed by atoms with van der Waals surface area (Å²) in [7, 11) is 0. The Hall–Kier alpha value is -1.14. The molecule has 1 aliphatic carbocycles. The van der Waals surface area contributed by atoms with Crippen LogP contribution in [0, 0.1) is 11.8 Å². The maximum Gasteiger partial charge on any atom is 0.307 e. The van der Waals surface area contributed by atoms with Gasteiger partial charge in [-0.2, -0.15) is 0 Å². The first-order valence-electron chi connectivity index (χ1n) is 7.90. The van der Waals surface area contributed by atoms with Gasteiger partial charge in [0.2, 0.25) is 5.91 Å². The number of ether oxygens (including phenoxy) is 2. The second kappa shape index (κ2) is 6.32. The summed E-state index contributed by atoms with van der Waals surface area (Å²) in [6.45, 7) is 2.94. The van der Waals surface area contributed by atoms with E-state index >= 15 is 0 Å². The largest absolute Gasteiger partial charge is 0.481 e. The van der Waals surface area contributed by atoms with Gasteiger partial charge in [-0.05, 0) is 32.1 Å². The fourth-order valence-electron chi connectivity index (χ4n) is 3.27. The van der Waals surface area contributed by atoms with Crippen molar-refractivity contribution in [3.63, 3.8) is 0 Å². The van der Waals surface area contributed by atoms with Crippen LogP contribution in [0.5, 0.6) is 0 Å². The summed E-state index contributed by atoms with van der Waals surface area (Å²) in [6, 6.07) is 0. The maximum absolute atomic E-state index is 12.2. The number of carboxylic acid groups (broad SMARTS) is 1. The number of carboxylic acids is 1. The Morgan fingerprint density at radius 3 is 2.19 bits per heavy atom. The molecule has 2 heterocycles. The molecule has 1 saturated carbocycles. The number of carbonyl (C=O) groups is 2. The Labute approximate surface area is 124 Å². The Balaban J connectivity index is 1.40. The minimum absolute atomic E-state index is 0.0203. The maximum atomic E-state index is 12.2. The zero-order chi connectivity index (χ0) is 14.8. The molecule has 2 aliphatic heterocycles. The lowest BCUT2D eigenvalue weighted by molar-refractivity contribution is -0.143. The molecule has 0 bridgehead atoms. The van der Waals surface area contributed by atoms with Crippen molar-refractivity contribution in [2.45, 2.75) is 44.3 Å². The zero-order valence-electron chi connectivity index (χ0n) is 12.2. The highest BCUT2D eigenvalue weighted by Gasteiger charge is 2.50. The number of nitrogens with zero attached hydrogens (tertiary/aromatic N) is 1. The average molecular weight is 297 g/mol. The Kier molecular flexibility index (Phi) is 4.45. The smallest absolute Gasteiger partial charge is 0.307 e. The zero-order valence-corrected chi connectivity index (χ0v) is 12.2. The van der Waals surface area contributed by atoms with E-state index in [9.17, 15) is 9.59 Å². The molecule has 2 saturated heterocycles. The van der Waals surface area contributed by atoms with Crippen LogP contribution in [0.15, 0.2) is 0 Å². The standard InChI is InChI=1S/C15H23NO5/c17-14(12-9-13(12)15(18)19)16-5-1-10(2-6-16)21-11-3-7-20-8-4-11/h10-13H,1-9H2,(H,18,19)/t12-,13+/m0/s1. The highest BCUT2D eigenvalue weighted by atomic mass is 16.5. The number of rotatable bonds is 4. The van der Waals surface area contributed by atoms with Gasteiger partial charge in [-0.15, -0.1) is 0 Å². The predicted octanol–water partition coefficient (Wildman–Crippen LogP) is 0.894. The number of likely N-dealkylation sites (tertiary alicyclic amines) is 1. The van der Waals surface area contributed by atoms with Gasteiger partial charge in [-0.25, -0.2) is 0 Å². The molecule has 2 atom stereocenters. The quantitative estimate of drug-likeness (QED) is 0.834. The van der Waals surface area contributed by atoms with E-state index in [2.05, 4.69) is 0 Å². The van der Waals surface area contributed by atoms with Gasteiger partial charge in [0.15, 0.2) is 0 Å². The topological polar surface area (TPSA) is 76.1 Å². The van der Waals surface area contributed by atoms with Gasteiger partial charge in [-0.1, -0.05) is 0 Å². The molecule has 0 unspecified atom stereocenters. The molecule has 6 heteroatoms. The van der Waals surface area contributed by atoms with Crippen molar-refractivity contribution in [2.24, 2.45) is 11.8 Å². The summed E-state index contributed by atoms with van der Waals surface area (Å²) < 4.78 is 11.4. The molecule has 1 N–H and O–H groups in total. The first-order valence-corrected chi connectivity index (χ1v) is 7.90. The highest BCUT2D eigenvalue weighted by molar-refractivity contribution is 5.89. The third kappa shape index (κ3) is 3.55. The number of hydrogen-bond acceptors (Lipinski definition) is 4. The molecule has 0 aromatic carbocycles. The summed E-state index contributed by atoms with van der Waals surface area (Å²) in [5, 5.41) is 8.89. The van der Waals surface area contributed by atoms with Crippen molar-refractivity contribution < 1.29 is 24.2 Å². The molecule has 0 radical (unpaired) electrons. The number of aliphatic carboxylic acids is 1. The van der Waals surface area contributed by atoms with Crippen molar-refractivity contribution in [3.8, 4) is 0 Å². The fraction of sp³-hybridized carbons (Fsp3) is 0.867. The molecular weight excluding hydrogens is 274 g/mol. The lowest BCUT2D eigenvalue weighted by Gasteiger charge is -2.35. The third-order valence-corrected chi connectivity index (χ3v) is 4.73. The van der Waals surface area contributed by atoms with Gasteiger partial charge < -0.3 is 19.5 Å². The van der Waals surface area contributed by atoms with Gasteiger partial charge in [0, 0.05) is 26.3 Å². The van der Waals surface area contributed by atoms with E-state index in [0.717, 1.165) is 38.9 Å². The number of carbonyl (C=O) groups excluding carboxylic acids is 1. The normalized spacial score (nSPS) is 31.1. The minimum Gasteiger partial charge on any atom is -0.481 e. The molecule has 6 nitrogen and oxygen atoms in total. The molecule has 3 aliphatic rings. The van der Waals surface area contributed by atoms with Crippen molar-refractivity contribution in [1.82, 2.24) is 4.90 Å². The van der Waals surface area contributed by atoms with E-state index in [0.29, 0.717) is 25.6 Å². The van der Waals surface area contributed by atoms with Gasteiger partial charge in [0.25, 0.3) is 0 Å². The van der Waals surface area contributed by atoms with Gasteiger partial charge in [0.1, 0.15) is 0 Å². The van der Waals surface area contributed by atoms with Crippen LogP contribution in [-0.4, -0.2) is 60.4 Å². The van der Waals surface area contributed by atoms with E-state index in [1.165, 1.54) is 0 Å².